The fourth-order valence-electron chi connectivity index (χ4n) is 2.30. The van der Waals surface area contributed by atoms with E-state index in [0.717, 1.165) is 16.9 Å². The number of aryl methyl sites for hydroxylation is 1. The molecule has 0 aliphatic heterocycles. The van der Waals surface area contributed by atoms with Crippen LogP contribution in [0.1, 0.15) is 43.6 Å². The number of esters is 2. The van der Waals surface area contributed by atoms with Crippen molar-refractivity contribution in [1.29, 1.82) is 5.26 Å². The maximum Gasteiger partial charge on any atom is 0.348 e. The van der Waals surface area contributed by atoms with Gasteiger partial charge in [-0.15, -0.1) is 11.3 Å². The molecule has 2 aromatic rings. The van der Waals surface area contributed by atoms with Crippen LogP contribution in [-0.2, 0) is 16.1 Å². The van der Waals surface area contributed by atoms with Gasteiger partial charge in [-0.25, -0.2) is 9.59 Å². The summed E-state index contributed by atoms with van der Waals surface area (Å²) in [5.74, 6) is -0.865. The molecule has 0 amide bonds. The first kappa shape index (κ1) is 19.3. The van der Waals surface area contributed by atoms with E-state index >= 15 is 0 Å². The van der Waals surface area contributed by atoms with Gasteiger partial charge in [-0.1, -0.05) is 11.6 Å². The van der Waals surface area contributed by atoms with Crippen LogP contribution in [0.4, 0.5) is 5.00 Å². The smallest absolute Gasteiger partial charge is 0.348 e. The van der Waals surface area contributed by atoms with E-state index in [2.05, 4.69) is 0 Å². The molecule has 0 bridgehead atoms. The van der Waals surface area contributed by atoms with Crippen molar-refractivity contribution in [3.8, 4) is 11.8 Å². The monoisotopic (exact) mass is 374 g/mol. The van der Waals surface area contributed by atoms with Crippen LogP contribution in [0.25, 0.3) is 0 Å². The zero-order valence-electron chi connectivity index (χ0n) is 14.6. The topological polar surface area (TPSA) is 112 Å². The minimum atomic E-state index is -0.631. The minimum Gasteiger partial charge on any atom is -0.496 e. The van der Waals surface area contributed by atoms with E-state index < -0.39 is 11.9 Å². The van der Waals surface area contributed by atoms with Crippen molar-refractivity contribution in [2.45, 2.75) is 20.5 Å². The van der Waals surface area contributed by atoms with Gasteiger partial charge in [0.05, 0.1) is 19.3 Å². The van der Waals surface area contributed by atoms with E-state index in [9.17, 15) is 14.9 Å². The van der Waals surface area contributed by atoms with Crippen molar-refractivity contribution in [2.75, 3.05) is 19.5 Å². The Morgan fingerprint density at radius 1 is 1.27 bits per heavy atom. The van der Waals surface area contributed by atoms with Crippen molar-refractivity contribution in [2.24, 2.45) is 0 Å². The molecule has 0 saturated carbocycles. The lowest BCUT2D eigenvalue weighted by atomic mass is 10.1. The van der Waals surface area contributed by atoms with Crippen LogP contribution in [0, 0.1) is 18.3 Å². The summed E-state index contributed by atoms with van der Waals surface area (Å²) < 4.78 is 15.5. The zero-order valence-corrected chi connectivity index (χ0v) is 15.4. The van der Waals surface area contributed by atoms with Crippen molar-refractivity contribution < 1.29 is 23.8 Å². The Morgan fingerprint density at radius 2 is 2.00 bits per heavy atom. The van der Waals surface area contributed by atoms with Gasteiger partial charge in [-0.3, -0.25) is 0 Å². The summed E-state index contributed by atoms with van der Waals surface area (Å²) in [6.45, 7) is 3.41. The Morgan fingerprint density at radius 3 is 2.62 bits per heavy atom. The van der Waals surface area contributed by atoms with E-state index in [1.54, 1.807) is 19.1 Å². The molecule has 7 nitrogen and oxygen atoms in total. The first-order valence-electron chi connectivity index (χ1n) is 7.73. The Labute approximate surface area is 154 Å². The first-order valence-corrected chi connectivity index (χ1v) is 8.54. The standard InChI is InChI=1S/C18H18N2O5S/c1-4-24-18(22)15-13(12(8-19)16(20)26-15)9-25-17(21)11-7-10(2)5-6-14(11)23-3/h5-7H,4,9,20H2,1-3H3. The Bertz CT molecular complexity index is 882. The lowest BCUT2D eigenvalue weighted by molar-refractivity contribution is 0.0449. The second-order valence-electron chi connectivity index (χ2n) is 5.26. The minimum absolute atomic E-state index is 0.113. The molecule has 1 aromatic carbocycles. The Kier molecular flexibility index (Phi) is 6.20. The molecule has 1 heterocycles. The van der Waals surface area contributed by atoms with Crippen LogP contribution in [-0.4, -0.2) is 25.7 Å². The fraction of sp³-hybridized carbons (Fsp3) is 0.278. The van der Waals surface area contributed by atoms with E-state index in [4.69, 9.17) is 19.9 Å². The molecule has 8 heteroatoms. The molecular formula is C18H18N2O5S. The van der Waals surface area contributed by atoms with Gasteiger partial charge in [0.2, 0.25) is 0 Å². The quantitative estimate of drug-likeness (QED) is 0.773. The number of nitriles is 1. The van der Waals surface area contributed by atoms with Gasteiger partial charge >= 0.3 is 11.9 Å². The number of thiophene rings is 1. The second-order valence-corrected chi connectivity index (χ2v) is 6.31. The predicted molar refractivity (Wildman–Crippen MR) is 96.3 cm³/mol. The lowest BCUT2D eigenvalue weighted by Crippen LogP contribution is -2.11. The van der Waals surface area contributed by atoms with Gasteiger partial charge in [0.15, 0.2) is 0 Å². The predicted octanol–water partition coefficient (Wildman–Crippen LogP) is 3.05. The van der Waals surface area contributed by atoms with Crippen LogP contribution in [0.3, 0.4) is 0 Å². The number of nitrogen functional groups attached to an aromatic ring is 1. The molecule has 0 spiro atoms. The molecule has 0 saturated heterocycles. The van der Waals surface area contributed by atoms with Gasteiger partial charge in [0.25, 0.3) is 0 Å². The SMILES string of the molecule is CCOC(=O)c1sc(N)c(C#N)c1COC(=O)c1cc(C)ccc1OC. The Hall–Kier alpha value is -3.05. The molecule has 0 aliphatic rings. The molecule has 26 heavy (non-hydrogen) atoms. The molecule has 0 unspecified atom stereocenters. The normalized spacial score (nSPS) is 10.1. The summed E-state index contributed by atoms with van der Waals surface area (Å²) in [5, 5.41) is 9.46. The number of hydrogen-bond donors (Lipinski definition) is 1. The highest BCUT2D eigenvalue weighted by Crippen LogP contribution is 2.32. The third-order valence-corrected chi connectivity index (χ3v) is 4.57. The first-order chi connectivity index (χ1) is 12.4. The second kappa shape index (κ2) is 8.36. The fourth-order valence-corrected chi connectivity index (χ4v) is 3.22. The highest BCUT2D eigenvalue weighted by Gasteiger charge is 2.24. The van der Waals surface area contributed by atoms with Crippen molar-refractivity contribution >= 4 is 28.3 Å². The summed E-state index contributed by atoms with van der Waals surface area (Å²) in [4.78, 5) is 24.7. The molecule has 136 valence electrons. The van der Waals surface area contributed by atoms with E-state index in [1.165, 1.54) is 7.11 Å². The van der Waals surface area contributed by atoms with Gasteiger partial charge in [-0.2, -0.15) is 5.26 Å². The molecular weight excluding hydrogens is 356 g/mol. The van der Waals surface area contributed by atoms with E-state index in [-0.39, 0.29) is 39.8 Å². The number of benzene rings is 1. The maximum absolute atomic E-state index is 12.4. The number of ether oxygens (including phenoxy) is 3. The summed E-state index contributed by atoms with van der Waals surface area (Å²) in [6.07, 6.45) is 0. The van der Waals surface area contributed by atoms with Crippen molar-refractivity contribution in [3.63, 3.8) is 0 Å². The summed E-state index contributed by atoms with van der Waals surface area (Å²) in [7, 11) is 1.45. The number of rotatable bonds is 6. The third kappa shape index (κ3) is 3.95. The highest BCUT2D eigenvalue weighted by molar-refractivity contribution is 7.18. The molecule has 2 rings (SSSR count). The number of methoxy groups -OCH3 is 1. The van der Waals surface area contributed by atoms with Gasteiger partial charge in [0, 0.05) is 5.56 Å². The zero-order chi connectivity index (χ0) is 19.3. The average molecular weight is 374 g/mol. The Balaban J connectivity index is 2.29. The largest absolute Gasteiger partial charge is 0.496 e. The van der Waals surface area contributed by atoms with Crippen molar-refractivity contribution in [1.82, 2.24) is 0 Å². The third-order valence-electron chi connectivity index (χ3n) is 3.53. The molecule has 2 N–H and O–H groups in total. The summed E-state index contributed by atoms with van der Waals surface area (Å²) >= 11 is 0.936. The summed E-state index contributed by atoms with van der Waals surface area (Å²) in [6, 6.07) is 7.05. The number of nitrogens with two attached hydrogens (primary N) is 1. The molecule has 0 aliphatic carbocycles. The van der Waals surface area contributed by atoms with Crippen LogP contribution in [0.5, 0.6) is 5.75 Å². The molecule has 0 fully saturated rings. The number of carbonyl (C=O) groups excluding carboxylic acids is 2. The average Bonchev–Trinajstić information content (AvgIpc) is 2.95. The van der Waals surface area contributed by atoms with Crippen LogP contribution < -0.4 is 10.5 Å². The lowest BCUT2D eigenvalue weighted by Gasteiger charge is -2.10. The van der Waals surface area contributed by atoms with E-state index in [1.807, 2.05) is 19.1 Å². The van der Waals surface area contributed by atoms with Crippen LogP contribution in [0.2, 0.25) is 0 Å². The highest BCUT2D eigenvalue weighted by atomic mass is 32.1. The number of anilines is 1. The summed E-state index contributed by atoms with van der Waals surface area (Å²) in [5.41, 5.74) is 7.27. The molecule has 1 aromatic heterocycles. The maximum atomic E-state index is 12.4. The van der Waals surface area contributed by atoms with Gasteiger partial charge in [-0.05, 0) is 26.0 Å². The van der Waals surface area contributed by atoms with Gasteiger partial charge in [0.1, 0.15) is 33.9 Å². The number of hydrogen-bond acceptors (Lipinski definition) is 8. The van der Waals surface area contributed by atoms with Crippen LogP contribution >= 0.6 is 11.3 Å². The molecule has 0 radical (unpaired) electrons. The van der Waals surface area contributed by atoms with Gasteiger partial charge < -0.3 is 19.9 Å². The van der Waals surface area contributed by atoms with Crippen molar-refractivity contribution in [3.05, 3.63) is 45.3 Å². The number of nitrogens with zero attached hydrogens (tertiary/aromatic N) is 1. The number of carbonyl (C=O) groups is 2. The van der Waals surface area contributed by atoms with E-state index in [0.29, 0.717) is 5.75 Å². The van der Waals surface area contributed by atoms with Crippen LogP contribution in [0.15, 0.2) is 18.2 Å². The molecule has 0 atom stereocenters.